The SMILES string of the molecule is COCCNC(=NCc1nncn1C)N[C@H](C)CCC(C)C. The Bertz CT molecular complexity index is 443. The molecule has 7 nitrogen and oxygen atoms in total. The van der Waals surface area contributed by atoms with Gasteiger partial charge < -0.3 is 19.9 Å². The number of nitrogens with one attached hydrogen (secondary N) is 2. The normalized spacial score (nSPS) is 13.5. The molecule has 22 heavy (non-hydrogen) atoms. The zero-order chi connectivity index (χ0) is 16.4. The predicted octanol–water partition coefficient (Wildman–Crippen LogP) is 1.32. The van der Waals surface area contributed by atoms with Crippen molar-refractivity contribution in [3.63, 3.8) is 0 Å². The highest BCUT2D eigenvalue weighted by molar-refractivity contribution is 5.80. The van der Waals surface area contributed by atoms with Crippen LogP contribution in [0.3, 0.4) is 0 Å². The van der Waals surface area contributed by atoms with Gasteiger partial charge in [-0.3, -0.25) is 0 Å². The summed E-state index contributed by atoms with van der Waals surface area (Å²) < 4.78 is 6.95. The second-order valence-electron chi connectivity index (χ2n) is 5.96. The summed E-state index contributed by atoms with van der Waals surface area (Å²) in [4.78, 5) is 4.58. The van der Waals surface area contributed by atoms with Crippen molar-refractivity contribution in [3.05, 3.63) is 12.2 Å². The van der Waals surface area contributed by atoms with E-state index >= 15 is 0 Å². The highest BCUT2D eigenvalue weighted by Gasteiger charge is 2.07. The van der Waals surface area contributed by atoms with E-state index in [0.29, 0.717) is 25.1 Å². The number of rotatable bonds is 9. The molecule has 0 amide bonds. The Morgan fingerprint density at radius 3 is 2.73 bits per heavy atom. The fourth-order valence-corrected chi connectivity index (χ4v) is 1.91. The molecule has 0 aliphatic rings. The summed E-state index contributed by atoms with van der Waals surface area (Å²) in [5, 5.41) is 14.6. The van der Waals surface area contributed by atoms with Gasteiger partial charge in [0.15, 0.2) is 11.8 Å². The molecule has 1 atom stereocenters. The number of aliphatic imine (C=N–C) groups is 1. The third kappa shape index (κ3) is 7.40. The van der Waals surface area contributed by atoms with Crippen LogP contribution in [0.4, 0.5) is 0 Å². The van der Waals surface area contributed by atoms with Crippen LogP contribution in [-0.4, -0.2) is 47.0 Å². The van der Waals surface area contributed by atoms with Crippen molar-refractivity contribution in [1.82, 2.24) is 25.4 Å². The lowest BCUT2D eigenvalue weighted by atomic mass is 10.0. The van der Waals surface area contributed by atoms with Crippen LogP contribution < -0.4 is 10.6 Å². The monoisotopic (exact) mass is 310 g/mol. The summed E-state index contributed by atoms with van der Waals surface area (Å²) in [5.41, 5.74) is 0. The van der Waals surface area contributed by atoms with Gasteiger partial charge in [-0.1, -0.05) is 13.8 Å². The van der Waals surface area contributed by atoms with E-state index < -0.39 is 0 Å². The molecule has 0 saturated carbocycles. The van der Waals surface area contributed by atoms with E-state index in [9.17, 15) is 0 Å². The standard InChI is InChI=1S/C15H30N6O/c1-12(2)6-7-13(3)19-15(16-8-9-22-5)17-10-14-20-18-11-21(14)4/h11-13H,6-10H2,1-5H3,(H2,16,17,19)/t13-/m1/s1. The maximum absolute atomic E-state index is 5.07. The Labute approximate surface area is 133 Å². The van der Waals surface area contributed by atoms with Gasteiger partial charge in [-0.15, -0.1) is 10.2 Å². The minimum absolute atomic E-state index is 0.371. The number of aromatic nitrogens is 3. The fraction of sp³-hybridized carbons (Fsp3) is 0.800. The summed E-state index contributed by atoms with van der Waals surface area (Å²) in [6.45, 7) is 8.52. The van der Waals surface area contributed by atoms with E-state index in [1.807, 2.05) is 11.6 Å². The van der Waals surface area contributed by atoms with E-state index in [1.165, 1.54) is 6.42 Å². The summed E-state index contributed by atoms with van der Waals surface area (Å²) in [5.74, 6) is 2.34. The van der Waals surface area contributed by atoms with Gasteiger partial charge in [0.2, 0.25) is 0 Å². The number of methoxy groups -OCH3 is 1. The second kappa shape index (κ2) is 10.2. The molecule has 0 bridgehead atoms. The molecule has 0 fully saturated rings. The van der Waals surface area contributed by atoms with Gasteiger partial charge in [-0.2, -0.15) is 0 Å². The van der Waals surface area contributed by atoms with E-state index in [-0.39, 0.29) is 0 Å². The maximum atomic E-state index is 5.07. The molecule has 1 heterocycles. The third-order valence-corrected chi connectivity index (χ3v) is 3.34. The van der Waals surface area contributed by atoms with Crippen LogP contribution in [0, 0.1) is 5.92 Å². The predicted molar refractivity (Wildman–Crippen MR) is 88.7 cm³/mol. The zero-order valence-corrected chi connectivity index (χ0v) is 14.5. The lowest BCUT2D eigenvalue weighted by molar-refractivity contribution is 0.203. The van der Waals surface area contributed by atoms with Gasteiger partial charge in [0.05, 0.1) is 6.61 Å². The number of hydrogen-bond donors (Lipinski definition) is 2. The van der Waals surface area contributed by atoms with Gasteiger partial charge in [0.25, 0.3) is 0 Å². The van der Waals surface area contributed by atoms with Gasteiger partial charge in [0.1, 0.15) is 12.9 Å². The van der Waals surface area contributed by atoms with Gasteiger partial charge >= 0.3 is 0 Å². The quantitative estimate of drug-likeness (QED) is 0.409. The van der Waals surface area contributed by atoms with E-state index in [0.717, 1.165) is 24.7 Å². The van der Waals surface area contributed by atoms with Crippen molar-refractivity contribution < 1.29 is 4.74 Å². The number of nitrogens with zero attached hydrogens (tertiary/aromatic N) is 4. The van der Waals surface area contributed by atoms with Crippen molar-refractivity contribution in [1.29, 1.82) is 0 Å². The largest absolute Gasteiger partial charge is 0.383 e. The van der Waals surface area contributed by atoms with Crippen LogP contribution in [0.1, 0.15) is 39.4 Å². The van der Waals surface area contributed by atoms with Crippen LogP contribution in [0.15, 0.2) is 11.3 Å². The summed E-state index contributed by atoms with van der Waals surface area (Å²) in [7, 11) is 3.61. The summed E-state index contributed by atoms with van der Waals surface area (Å²) >= 11 is 0. The molecule has 1 rings (SSSR count). The number of aryl methyl sites for hydroxylation is 1. The number of ether oxygens (including phenoxy) is 1. The van der Waals surface area contributed by atoms with Crippen LogP contribution >= 0.6 is 0 Å². The van der Waals surface area contributed by atoms with Crippen LogP contribution in [0.5, 0.6) is 0 Å². The molecule has 2 N–H and O–H groups in total. The molecule has 0 aliphatic carbocycles. The Morgan fingerprint density at radius 1 is 1.36 bits per heavy atom. The maximum Gasteiger partial charge on any atom is 0.191 e. The van der Waals surface area contributed by atoms with Gasteiger partial charge in [0, 0.05) is 26.7 Å². The lowest BCUT2D eigenvalue weighted by Crippen LogP contribution is -2.43. The van der Waals surface area contributed by atoms with Crippen molar-refractivity contribution >= 4 is 5.96 Å². The molecule has 0 aromatic carbocycles. The Hall–Kier alpha value is -1.63. The summed E-state index contributed by atoms with van der Waals surface area (Å²) in [6.07, 6.45) is 4.00. The van der Waals surface area contributed by atoms with Gasteiger partial charge in [-0.05, 0) is 25.7 Å². The molecule has 0 radical (unpaired) electrons. The van der Waals surface area contributed by atoms with E-state index in [1.54, 1.807) is 13.4 Å². The highest BCUT2D eigenvalue weighted by atomic mass is 16.5. The van der Waals surface area contributed by atoms with Crippen molar-refractivity contribution in [2.24, 2.45) is 18.0 Å². The smallest absolute Gasteiger partial charge is 0.191 e. The molecular weight excluding hydrogens is 280 g/mol. The van der Waals surface area contributed by atoms with E-state index in [4.69, 9.17) is 4.74 Å². The first-order valence-electron chi connectivity index (χ1n) is 7.89. The topological polar surface area (TPSA) is 76.4 Å². The van der Waals surface area contributed by atoms with Crippen molar-refractivity contribution in [2.75, 3.05) is 20.3 Å². The van der Waals surface area contributed by atoms with Crippen LogP contribution in [-0.2, 0) is 18.3 Å². The molecule has 7 heteroatoms. The molecule has 126 valence electrons. The molecule has 0 spiro atoms. The average Bonchev–Trinajstić information content (AvgIpc) is 2.88. The summed E-state index contributed by atoms with van der Waals surface area (Å²) in [6, 6.07) is 0.371. The Kier molecular flexibility index (Phi) is 8.50. The Morgan fingerprint density at radius 2 is 2.14 bits per heavy atom. The van der Waals surface area contributed by atoms with Crippen molar-refractivity contribution in [3.8, 4) is 0 Å². The number of hydrogen-bond acceptors (Lipinski definition) is 4. The van der Waals surface area contributed by atoms with Crippen LogP contribution in [0.2, 0.25) is 0 Å². The molecule has 1 aromatic rings. The number of guanidine groups is 1. The van der Waals surface area contributed by atoms with Gasteiger partial charge in [-0.25, -0.2) is 4.99 Å². The van der Waals surface area contributed by atoms with E-state index in [2.05, 4.69) is 46.6 Å². The first-order chi connectivity index (χ1) is 10.5. The highest BCUT2D eigenvalue weighted by Crippen LogP contribution is 2.06. The Balaban J connectivity index is 2.56. The zero-order valence-electron chi connectivity index (χ0n) is 14.5. The molecule has 1 aromatic heterocycles. The van der Waals surface area contributed by atoms with Crippen molar-refractivity contribution in [2.45, 2.75) is 46.2 Å². The van der Waals surface area contributed by atoms with Crippen LogP contribution in [0.25, 0.3) is 0 Å². The average molecular weight is 310 g/mol. The minimum atomic E-state index is 0.371. The first kappa shape index (κ1) is 18.4. The molecule has 0 unspecified atom stereocenters. The molecule has 0 saturated heterocycles. The molecular formula is C15H30N6O. The fourth-order valence-electron chi connectivity index (χ4n) is 1.91. The third-order valence-electron chi connectivity index (χ3n) is 3.34. The minimum Gasteiger partial charge on any atom is -0.383 e. The lowest BCUT2D eigenvalue weighted by Gasteiger charge is -2.19. The first-order valence-corrected chi connectivity index (χ1v) is 7.89. The molecule has 0 aliphatic heterocycles. The second-order valence-corrected chi connectivity index (χ2v) is 5.96.